The SMILES string of the molecule is CCCC1CCC(/C(F)=C/c2ccc(OCC)c(F)c2F)CC1.CCCC1CCC(/C=C/c2ccc(OCC)c(F)c2F)CC1.CCCC1CCC(C2CCC(/C(F)=C/c3ccc(OCC)c(F)c3F)CC2)CC1.CCOc1ccc(C2CCC(C=C(F)F)CC2)c(F)c1F. The van der Waals surface area contributed by atoms with Crippen molar-refractivity contribution in [3.63, 3.8) is 0 Å². The van der Waals surface area contributed by atoms with Crippen LogP contribution in [0.1, 0.15) is 244 Å². The first-order chi connectivity index (χ1) is 45.8. The van der Waals surface area contributed by atoms with Crippen LogP contribution in [0, 0.1) is 99.8 Å². The summed E-state index contributed by atoms with van der Waals surface area (Å²) in [4.78, 5) is 0. The normalized spacial score (nSPS) is 24.0. The van der Waals surface area contributed by atoms with Crippen LogP contribution in [-0.2, 0) is 0 Å². The van der Waals surface area contributed by atoms with Gasteiger partial charge in [0.25, 0.3) is 6.08 Å². The van der Waals surface area contributed by atoms with Crippen LogP contribution in [0.3, 0.4) is 0 Å². The molecule has 16 heteroatoms. The van der Waals surface area contributed by atoms with Gasteiger partial charge in [-0.2, -0.15) is 26.3 Å². The van der Waals surface area contributed by atoms with Gasteiger partial charge < -0.3 is 18.9 Å². The van der Waals surface area contributed by atoms with E-state index < -0.39 is 52.6 Å². The Hall–Kier alpha value is -5.80. The minimum atomic E-state index is -1.67. The standard InChI is InChI=1S/C25H35F3O.C19H25F3O.C19H26F2O.C16H18F4O/c1-3-5-17-6-8-18(9-7-17)19-10-12-20(13-11-19)22(26)16-21-14-15-23(29-4-2)25(28)24(21)27;1-3-5-13-6-8-14(9-7-13)16(20)12-15-10-11-17(23-4-2)19(22)18(15)21;1-3-5-14-6-8-15(9-7-14)10-11-16-12-13-17(22-4-2)19(21)18(16)20;1-2-21-13-8-7-12(15(19)16(13)20)11-5-3-10(4-6-11)9-14(17)18/h14-20H,3-13H2,1-2H3;10-14H,3-9H2,1-2H3;10-15H,3-9H2,1-2H3;7-11H,2-6H2,1H3/b22-16-;16-12-;11-10+;. The summed E-state index contributed by atoms with van der Waals surface area (Å²) < 4.78 is 186. The zero-order chi connectivity index (χ0) is 69.0. The minimum Gasteiger partial charge on any atom is -0.491 e. The van der Waals surface area contributed by atoms with E-state index in [4.69, 9.17) is 18.9 Å². The van der Waals surface area contributed by atoms with E-state index in [1.54, 1.807) is 45.9 Å². The number of benzene rings is 4. The Morgan fingerprint density at radius 3 is 1.07 bits per heavy atom. The molecule has 0 unspecified atom stereocenters. The Labute approximate surface area is 558 Å². The van der Waals surface area contributed by atoms with Gasteiger partial charge >= 0.3 is 0 Å². The Balaban J connectivity index is 0.000000202. The molecule has 4 nitrogen and oxygen atoms in total. The van der Waals surface area contributed by atoms with Gasteiger partial charge in [0.2, 0.25) is 23.3 Å². The van der Waals surface area contributed by atoms with Crippen molar-refractivity contribution < 1.29 is 71.6 Å². The maximum absolute atomic E-state index is 14.8. The Kier molecular flexibility index (Phi) is 33.6. The molecule has 9 rings (SSSR count). The van der Waals surface area contributed by atoms with Gasteiger partial charge in [-0.05, 0) is 257 Å². The molecule has 0 spiro atoms. The van der Waals surface area contributed by atoms with Crippen molar-refractivity contribution in [1.82, 2.24) is 0 Å². The first-order valence-corrected chi connectivity index (χ1v) is 35.7. The highest BCUT2D eigenvalue weighted by Crippen LogP contribution is 2.45. The van der Waals surface area contributed by atoms with Crippen LogP contribution >= 0.6 is 0 Å². The van der Waals surface area contributed by atoms with E-state index in [1.807, 2.05) is 6.08 Å². The summed E-state index contributed by atoms with van der Waals surface area (Å²) in [5, 5.41) is 0. The highest BCUT2D eigenvalue weighted by atomic mass is 19.3. The summed E-state index contributed by atoms with van der Waals surface area (Å²) in [6.45, 7) is 14.6. The number of hydrogen-bond donors (Lipinski definition) is 0. The van der Waals surface area contributed by atoms with Crippen molar-refractivity contribution in [2.45, 2.75) is 221 Å². The quantitative estimate of drug-likeness (QED) is 0.0694. The minimum absolute atomic E-state index is 0.0165. The molecule has 5 aliphatic rings. The van der Waals surface area contributed by atoms with Crippen LogP contribution in [0.25, 0.3) is 18.2 Å². The van der Waals surface area contributed by atoms with Crippen molar-refractivity contribution in [2.75, 3.05) is 26.4 Å². The molecule has 4 aromatic carbocycles. The second-order valence-corrected chi connectivity index (χ2v) is 26.6. The van der Waals surface area contributed by atoms with Crippen LogP contribution in [-0.4, -0.2) is 26.4 Å². The van der Waals surface area contributed by atoms with E-state index in [-0.39, 0.29) is 89.3 Å². The molecule has 0 N–H and O–H groups in total. The molecule has 5 aliphatic carbocycles. The lowest BCUT2D eigenvalue weighted by Gasteiger charge is -2.37. The maximum Gasteiger partial charge on any atom is 0.266 e. The Morgan fingerprint density at radius 2 is 0.684 bits per heavy atom. The molecule has 0 atom stereocenters. The first-order valence-electron chi connectivity index (χ1n) is 35.7. The van der Waals surface area contributed by atoms with E-state index >= 15 is 0 Å². The molecule has 0 bridgehead atoms. The van der Waals surface area contributed by atoms with Crippen LogP contribution in [0.15, 0.2) is 78.4 Å². The topological polar surface area (TPSA) is 36.9 Å². The van der Waals surface area contributed by atoms with Gasteiger partial charge in [-0.25, -0.2) is 26.3 Å². The fourth-order valence-electron chi connectivity index (χ4n) is 14.9. The second-order valence-electron chi connectivity index (χ2n) is 26.6. The van der Waals surface area contributed by atoms with Gasteiger partial charge in [-0.1, -0.05) is 90.4 Å². The van der Waals surface area contributed by atoms with Gasteiger partial charge in [-0.15, -0.1) is 0 Å². The first kappa shape index (κ1) is 78.2. The summed E-state index contributed by atoms with van der Waals surface area (Å²) >= 11 is 0. The number of halogens is 12. The van der Waals surface area contributed by atoms with Crippen LogP contribution in [0.5, 0.6) is 23.0 Å². The van der Waals surface area contributed by atoms with Gasteiger partial charge in [0.15, 0.2) is 46.3 Å². The largest absolute Gasteiger partial charge is 0.491 e. The molecule has 0 saturated heterocycles. The summed E-state index contributed by atoms with van der Waals surface area (Å²) in [5.74, 6) is -4.96. The average Bonchev–Trinajstić information content (AvgIpc) is 0.871. The molecule has 4 aromatic rings. The van der Waals surface area contributed by atoms with Crippen molar-refractivity contribution in [2.24, 2.45) is 53.3 Å². The molecule has 0 heterocycles. The van der Waals surface area contributed by atoms with Gasteiger partial charge in [-0.3, -0.25) is 0 Å². The number of rotatable bonds is 23. The Morgan fingerprint density at radius 1 is 0.358 bits per heavy atom. The van der Waals surface area contributed by atoms with Gasteiger partial charge in [0.05, 0.1) is 26.4 Å². The van der Waals surface area contributed by atoms with Crippen molar-refractivity contribution >= 4 is 18.2 Å². The van der Waals surface area contributed by atoms with Crippen molar-refractivity contribution in [3.05, 3.63) is 147 Å². The van der Waals surface area contributed by atoms with Crippen molar-refractivity contribution in [3.8, 4) is 23.0 Å². The van der Waals surface area contributed by atoms with Crippen LogP contribution in [0.4, 0.5) is 52.7 Å². The second kappa shape index (κ2) is 40.8. The van der Waals surface area contributed by atoms with Crippen molar-refractivity contribution in [1.29, 1.82) is 0 Å². The monoisotopic (exact) mass is 1340 g/mol. The zero-order valence-corrected chi connectivity index (χ0v) is 57.2. The average molecular weight is 1350 g/mol. The maximum atomic E-state index is 14.8. The third-order valence-electron chi connectivity index (χ3n) is 20.2. The molecule has 5 fully saturated rings. The van der Waals surface area contributed by atoms with E-state index in [1.165, 1.54) is 113 Å². The van der Waals surface area contributed by atoms with Gasteiger partial charge in [0.1, 0.15) is 11.7 Å². The zero-order valence-electron chi connectivity index (χ0n) is 57.2. The highest BCUT2D eigenvalue weighted by molar-refractivity contribution is 5.56. The van der Waals surface area contributed by atoms with Crippen LogP contribution in [0.2, 0.25) is 0 Å². The molecule has 528 valence electrons. The molecule has 0 radical (unpaired) electrons. The molecule has 0 amide bonds. The van der Waals surface area contributed by atoms with Gasteiger partial charge in [0, 0.05) is 28.5 Å². The van der Waals surface area contributed by atoms with E-state index in [9.17, 15) is 52.7 Å². The number of ether oxygens (including phenoxy) is 4. The molecule has 0 aromatic heterocycles. The third kappa shape index (κ3) is 23.7. The predicted molar refractivity (Wildman–Crippen MR) is 359 cm³/mol. The lowest BCUT2D eigenvalue weighted by Crippen LogP contribution is -2.26. The summed E-state index contributed by atoms with van der Waals surface area (Å²) in [6.07, 6.45) is 32.7. The van der Waals surface area contributed by atoms with E-state index in [0.29, 0.717) is 61.2 Å². The third-order valence-corrected chi connectivity index (χ3v) is 20.2. The summed E-state index contributed by atoms with van der Waals surface area (Å²) in [5.41, 5.74) is 0.523. The molecule has 95 heavy (non-hydrogen) atoms. The summed E-state index contributed by atoms with van der Waals surface area (Å²) in [7, 11) is 0. The lowest BCUT2D eigenvalue weighted by atomic mass is 9.68. The highest BCUT2D eigenvalue weighted by Gasteiger charge is 2.33. The lowest BCUT2D eigenvalue weighted by molar-refractivity contribution is 0.146. The fraction of sp³-hybridized carbons (Fsp3) is 0.595. The predicted octanol–water partition coefficient (Wildman–Crippen LogP) is 25.8. The number of hydrogen-bond acceptors (Lipinski definition) is 4. The molecule has 5 saturated carbocycles. The van der Waals surface area contributed by atoms with Crippen LogP contribution < -0.4 is 18.9 Å². The fourth-order valence-corrected chi connectivity index (χ4v) is 14.9. The van der Waals surface area contributed by atoms with E-state index in [0.717, 1.165) is 101 Å². The number of allylic oxidation sites excluding steroid dienone is 4. The summed E-state index contributed by atoms with van der Waals surface area (Å²) in [6, 6.07) is 11.5. The van der Waals surface area contributed by atoms with E-state index in [2.05, 4.69) is 20.8 Å². The molecular formula is C79H104F12O4. The smallest absolute Gasteiger partial charge is 0.266 e. The molecular weight excluding hydrogens is 1240 g/mol. The Bertz CT molecular complexity index is 3060. The molecule has 0 aliphatic heterocycles.